The summed E-state index contributed by atoms with van der Waals surface area (Å²) in [5.74, 6) is -0.174. The van der Waals surface area contributed by atoms with E-state index in [-0.39, 0.29) is 27.8 Å². The lowest BCUT2D eigenvalue weighted by Crippen LogP contribution is -2.32. The van der Waals surface area contributed by atoms with Gasteiger partial charge in [-0.15, -0.1) is 10.2 Å². The summed E-state index contributed by atoms with van der Waals surface area (Å²) in [6.45, 7) is 1.67. The molecule has 0 spiro atoms. The number of pyridine rings is 1. The van der Waals surface area contributed by atoms with Crippen LogP contribution in [0, 0.1) is 0 Å². The van der Waals surface area contributed by atoms with Gasteiger partial charge in [-0.2, -0.15) is 13.2 Å². The van der Waals surface area contributed by atoms with Gasteiger partial charge < -0.3 is 5.32 Å². The molecule has 0 radical (unpaired) electrons. The van der Waals surface area contributed by atoms with Crippen molar-refractivity contribution in [2.24, 2.45) is 0 Å². The van der Waals surface area contributed by atoms with Gasteiger partial charge in [0, 0.05) is 12.2 Å². The molecule has 0 saturated heterocycles. The van der Waals surface area contributed by atoms with Crippen molar-refractivity contribution in [1.82, 2.24) is 19.9 Å². The lowest BCUT2D eigenvalue weighted by atomic mass is 10.3. The minimum Gasteiger partial charge on any atom is -0.352 e. The number of amides is 1. The first-order valence-corrected chi connectivity index (χ1v) is 8.10. The highest BCUT2D eigenvalue weighted by molar-refractivity contribution is 8.00. The van der Waals surface area contributed by atoms with E-state index in [0.717, 1.165) is 41.3 Å². The molecule has 0 aliphatic heterocycles. The Morgan fingerprint density at radius 3 is 2.78 bits per heavy atom. The Bertz CT molecular complexity index is 759. The number of carbonyl (C=O) groups is 1. The summed E-state index contributed by atoms with van der Waals surface area (Å²) in [7, 11) is 0. The zero-order valence-electron chi connectivity index (χ0n) is 11.9. The van der Waals surface area contributed by atoms with Crippen molar-refractivity contribution in [2.75, 3.05) is 0 Å². The van der Waals surface area contributed by atoms with E-state index in [4.69, 9.17) is 11.6 Å². The molecule has 10 heteroatoms. The Morgan fingerprint density at radius 2 is 2.17 bits per heavy atom. The number of hydrogen-bond acceptors (Lipinski definition) is 4. The molecule has 2 aromatic heterocycles. The van der Waals surface area contributed by atoms with E-state index in [0.29, 0.717) is 0 Å². The number of hydrogen-bond donors (Lipinski definition) is 1. The van der Waals surface area contributed by atoms with E-state index >= 15 is 0 Å². The van der Waals surface area contributed by atoms with Crippen molar-refractivity contribution in [3.8, 4) is 0 Å². The average molecular weight is 365 g/mol. The van der Waals surface area contributed by atoms with Crippen LogP contribution in [0.25, 0.3) is 5.65 Å². The molecule has 0 aromatic carbocycles. The second kappa shape index (κ2) is 5.86. The fourth-order valence-corrected chi connectivity index (χ4v) is 3.01. The van der Waals surface area contributed by atoms with E-state index < -0.39 is 17.0 Å². The highest BCUT2D eigenvalue weighted by Gasteiger charge is 2.33. The largest absolute Gasteiger partial charge is 0.417 e. The summed E-state index contributed by atoms with van der Waals surface area (Å²) >= 11 is 6.88. The van der Waals surface area contributed by atoms with E-state index in [1.165, 1.54) is 0 Å². The zero-order chi connectivity index (χ0) is 16.8. The number of halogens is 4. The maximum Gasteiger partial charge on any atom is 0.417 e. The van der Waals surface area contributed by atoms with E-state index in [1.807, 2.05) is 0 Å². The predicted octanol–water partition coefficient (Wildman–Crippen LogP) is 3.16. The molecule has 23 heavy (non-hydrogen) atoms. The van der Waals surface area contributed by atoms with Crippen LogP contribution < -0.4 is 5.32 Å². The minimum atomic E-state index is -4.53. The van der Waals surface area contributed by atoms with Crippen LogP contribution in [0.1, 0.15) is 25.3 Å². The smallest absolute Gasteiger partial charge is 0.352 e. The third-order valence-corrected chi connectivity index (χ3v) is 4.67. The number of fused-ring (bicyclic) bond motifs is 1. The van der Waals surface area contributed by atoms with Crippen molar-refractivity contribution in [3.63, 3.8) is 0 Å². The summed E-state index contributed by atoms with van der Waals surface area (Å²) < 4.78 is 39.8. The maximum atomic E-state index is 12.9. The van der Waals surface area contributed by atoms with Gasteiger partial charge in [0.1, 0.15) is 0 Å². The molecule has 1 atom stereocenters. The van der Waals surface area contributed by atoms with Gasteiger partial charge in [-0.3, -0.25) is 9.20 Å². The summed E-state index contributed by atoms with van der Waals surface area (Å²) in [5.41, 5.74) is -0.774. The van der Waals surface area contributed by atoms with Gasteiger partial charge in [0.15, 0.2) is 10.8 Å². The van der Waals surface area contributed by atoms with Crippen LogP contribution >= 0.6 is 23.4 Å². The van der Waals surface area contributed by atoms with Gasteiger partial charge in [-0.25, -0.2) is 0 Å². The molecule has 124 valence electrons. The minimum absolute atomic E-state index is 0.122. The molecule has 1 aliphatic carbocycles. The highest BCUT2D eigenvalue weighted by atomic mass is 35.5. The van der Waals surface area contributed by atoms with Crippen LogP contribution in [-0.4, -0.2) is 31.8 Å². The molecule has 1 unspecified atom stereocenters. The molecule has 1 aliphatic rings. The molecular formula is C13H12ClF3N4OS. The molecule has 3 rings (SSSR count). The first kappa shape index (κ1) is 16.4. The number of thioether (sulfide) groups is 1. The number of rotatable bonds is 4. The number of aromatic nitrogens is 3. The fourth-order valence-electron chi connectivity index (χ4n) is 1.93. The van der Waals surface area contributed by atoms with E-state index in [9.17, 15) is 18.0 Å². The second-order valence-corrected chi connectivity index (χ2v) is 7.01. The summed E-state index contributed by atoms with van der Waals surface area (Å²) in [6.07, 6.45) is -1.73. The Balaban J connectivity index is 1.88. The van der Waals surface area contributed by atoms with E-state index in [1.54, 1.807) is 6.92 Å². The number of carbonyl (C=O) groups excluding carboxylic acids is 1. The van der Waals surface area contributed by atoms with Crippen LogP contribution in [-0.2, 0) is 11.0 Å². The summed E-state index contributed by atoms with van der Waals surface area (Å²) in [6, 6.07) is 1.02. The molecule has 2 aromatic rings. The number of nitrogens with zero attached hydrogens (tertiary/aromatic N) is 3. The zero-order valence-corrected chi connectivity index (χ0v) is 13.5. The Labute approximate surface area is 138 Å². The first-order valence-electron chi connectivity index (χ1n) is 6.84. The topological polar surface area (TPSA) is 59.3 Å². The van der Waals surface area contributed by atoms with Crippen LogP contribution in [0.5, 0.6) is 0 Å². The van der Waals surface area contributed by atoms with Crippen molar-refractivity contribution in [3.05, 3.63) is 22.8 Å². The SMILES string of the molecule is CC(Sc1nnc2c(Cl)cc(C(F)(F)F)cn12)C(=O)NC1CC1. The van der Waals surface area contributed by atoms with Crippen molar-refractivity contribution in [2.45, 2.75) is 42.4 Å². The van der Waals surface area contributed by atoms with Crippen LogP contribution in [0.4, 0.5) is 13.2 Å². The first-order chi connectivity index (χ1) is 10.8. The Morgan fingerprint density at radius 1 is 1.48 bits per heavy atom. The lowest BCUT2D eigenvalue weighted by molar-refractivity contribution is -0.137. The van der Waals surface area contributed by atoms with Gasteiger partial charge >= 0.3 is 6.18 Å². The molecule has 5 nitrogen and oxygen atoms in total. The quantitative estimate of drug-likeness (QED) is 0.847. The van der Waals surface area contributed by atoms with Crippen LogP contribution in [0.3, 0.4) is 0 Å². The molecule has 0 bridgehead atoms. The van der Waals surface area contributed by atoms with Crippen LogP contribution in [0.15, 0.2) is 17.4 Å². The molecular weight excluding hydrogens is 353 g/mol. The van der Waals surface area contributed by atoms with Gasteiger partial charge in [0.2, 0.25) is 5.91 Å². The second-order valence-electron chi connectivity index (χ2n) is 5.29. The van der Waals surface area contributed by atoms with Gasteiger partial charge in [-0.05, 0) is 25.8 Å². The van der Waals surface area contributed by atoms with Gasteiger partial charge in [0.05, 0.1) is 15.8 Å². The predicted molar refractivity (Wildman–Crippen MR) is 79.5 cm³/mol. The van der Waals surface area contributed by atoms with Gasteiger partial charge in [0.25, 0.3) is 0 Å². The third-order valence-electron chi connectivity index (χ3n) is 3.33. The van der Waals surface area contributed by atoms with E-state index in [2.05, 4.69) is 15.5 Å². The van der Waals surface area contributed by atoms with Crippen molar-refractivity contribution in [1.29, 1.82) is 0 Å². The van der Waals surface area contributed by atoms with Crippen molar-refractivity contribution >= 4 is 34.9 Å². The molecule has 1 saturated carbocycles. The van der Waals surface area contributed by atoms with Crippen LogP contribution in [0.2, 0.25) is 5.02 Å². The maximum absolute atomic E-state index is 12.9. The summed E-state index contributed by atoms with van der Waals surface area (Å²) in [4.78, 5) is 12.0. The molecule has 1 fully saturated rings. The lowest BCUT2D eigenvalue weighted by Gasteiger charge is -2.11. The number of alkyl halides is 3. The molecule has 1 N–H and O–H groups in total. The summed E-state index contributed by atoms with van der Waals surface area (Å²) in [5, 5.41) is 10.0. The number of nitrogens with one attached hydrogen (secondary N) is 1. The third kappa shape index (κ3) is 3.55. The molecule has 1 amide bonds. The average Bonchev–Trinajstić information content (AvgIpc) is 3.17. The molecule has 2 heterocycles. The standard InChI is InChI=1S/C13H12ClF3N4OS/c1-6(11(22)18-8-2-3-8)23-12-20-19-10-9(14)4-7(5-21(10)12)13(15,16)17/h4-6,8H,2-3H2,1H3,(H,18,22). The van der Waals surface area contributed by atoms with Crippen molar-refractivity contribution < 1.29 is 18.0 Å². The monoisotopic (exact) mass is 364 g/mol. The Hall–Kier alpha value is -1.48. The normalized spacial score (nSPS) is 16.6. The highest BCUT2D eigenvalue weighted by Crippen LogP contribution is 2.34. The Kier molecular flexibility index (Phi) is 4.18. The fraction of sp³-hybridized carbons (Fsp3) is 0.462. The van der Waals surface area contributed by atoms with Gasteiger partial charge in [-0.1, -0.05) is 23.4 Å².